The topological polar surface area (TPSA) is 32.3 Å². The highest BCUT2D eigenvalue weighted by Gasteiger charge is 2.23. The number of carbonyl (C=O) groups is 1. The van der Waals surface area contributed by atoms with Gasteiger partial charge in [-0.2, -0.15) is 0 Å². The minimum atomic E-state index is 0.132. The molecule has 0 bridgehead atoms. The molecule has 2 aromatic carbocycles. The Bertz CT molecular complexity index is 644. The number of anilines is 3. The van der Waals surface area contributed by atoms with Crippen molar-refractivity contribution in [1.82, 2.24) is 0 Å². The van der Waals surface area contributed by atoms with Gasteiger partial charge in [-0.15, -0.1) is 0 Å². The molecule has 20 heavy (non-hydrogen) atoms. The second-order valence-electron chi connectivity index (χ2n) is 5.27. The van der Waals surface area contributed by atoms with Crippen molar-refractivity contribution < 1.29 is 4.79 Å². The number of benzene rings is 2. The number of amides is 1. The average Bonchev–Trinajstić information content (AvgIpc) is 2.55. The molecule has 0 aromatic heterocycles. The van der Waals surface area contributed by atoms with Gasteiger partial charge in [0, 0.05) is 18.7 Å². The lowest BCUT2D eigenvalue weighted by molar-refractivity contribution is -0.117. The first-order valence-corrected chi connectivity index (χ1v) is 6.89. The molecule has 102 valence electrons. The zero-order valence-corrected chi connectivity index (χ0v) is 11.8. The van der Waals surface area contributed by atoms with Gasteiger partial charge in [0.1, 0.15) is 0 Å². The summed E-state index contributed by atoms with van der Waals surface area (Å²) in [5, 5.41) is 3.32. The molecule has 1 amide bonds. The Hall–Kier alpha value is -2.29. The van der Waals surface area contributed by atoms with Crippen molar-refractivity contribution in [2.24, 2.45) is 0 Å². The summed E-state index contributed by atoms with van der Waals surface area (Å²) in [5.41, 5.74) is 5.23. The van der Waals surface area contributed by atoms with Crippen LogP contribution in [0.5, 0.6) is 0 Å². The summed E-state index contributed by atoms with van der Waals surface area (Å²) in [7, 11) is 0. The summed E-state index contributed by atoms with van der Waals surface area (Å²) in [6, 6.07) is 14.2. The first kappa shape index (κ1) is 12.7. The van der Waals surface area contributed by atoms with Crippen LogP contribution in [0.4, 0.5) is 17.1 Å². The van der Waals surface area contributed by atoms with Crippen LogP contribution in [-0.2, 0) is 4.79 Å². The van der Waals surface area contributed by atoms with E-state index >= 15 is 0 Å². The summed E-state index contributed by atoms with van der Waals surface area (Å²) in [5.74, 6) is 0.132. The van der Waals surface area contributed by atoms with Crippen LogP contribution >= 0.6 is 0 Å². The maximum atomic E-state index is 12.5. The molecule has 0 radical (unpaired) electrons. The quantitative estimate of drug-likeness (QED) is 0.851. The van der Waals surface area contributed by atoms with Gasteiger partial charge in [-0.05, 0) is 49.2 Å². The average molecular weight is 266 g/mol. The van der Waals surface area contributed by atoms with Crippen molar-refractivity contribution in [3.8, 4) is 0 Å². The molecular formula is C17H18N2O. The van der Waals surface area contributed by atoms with E-state index in [1.165, 1.54) is 11.1 Å². The highest BCUT2D eigenvalue weighted by atomic mass is 16.2. The number of nitrogens with one attached hydrogen (secondary N) is 1. The predicted octanol–water partition coefficient (Wildman–Crippen LogP) is 3.78. The van der Waals surface area contributed by atoms with Gasteiger partial charge in [-0.1, -0.05) is 18.2 Å². The molecule has 0 aliphatic carbocycles. The fraction of sp³-hybridized carbons (Fsp3) is 0.235. The largest absolute Gasteiger partial charge is 0.383 e. The molecule has 1 aliphatic rings. The van der Waals surface area contributed by atoms with Crippen molar-refractivity contribution in [2.75, 3.05) is 16.8 Å². The van der Waals surface area contributed by atoms with Crippen LogP contribution in [-0.4, -0.2) is 12.5 Å². The van der Waals surface area contributed by atoms with Gasteiger partial charge in [0.15, 0.2) is 0 Å². The monoisotopic (exact) mass is 266 g/mol. The Morgan fingerprint density at radius 3 is 2.50 bits per heavy atom. The van der Waals surface area contributed by atoms with Gasteiger partial charge >= 0.3 is 0 Å². The second-order valence-corrected chi connectivity index (χ2v) is 5.27. The maximum Gasteiger partial charge on any atom is 0.233 e. The van der Waals surface area contributed by atoms with Crippen LogP contribution < -0.4 is 10.2 Å². The van der Waals surface area contributed by atoms with Gasteiger partial charge in [-0.25, -0.2) is 0 Å². The van der Waals surface area contributed by atoms with Gasteiger partial charge in [-0.3, -0.25) is 9.69 Å². The van der Waals surface area contributed by atoms with Crippen molar-refractivity contribution >= 4 is 23.0 Å². The minimum Gasteiger partial charge on any atom is -0.383 e. The molecule has 0 unspecified atom stereocenters. The van der Waals surface area contributed by atoms with E-state index < -0.39 is 0 Å². The summed E-state index contributed by atoms with van der Waals surface area (Å²) < 4.78 is 0. The third kappa shape index (κ3) is 2.27. The highest BCUT2D eigenvalue weighted by Crippen LogP contribution is 2.35. The Kier molecular flexibility index (Phi) is 3.18. The van der Waals surface area contributed by atoms with Crippen molar-refractivity contribution in [3.63, 3.8) is 0 Å². The normalized spacial score (nSPS) is 14.5. The van der Waals surface area contributed by atoms with Crippen molar-refractivity contribution in [1.29, 1.82) is 0 Å². The maximum absolute atomic E-state index is 12.5. The SMILES string of the molecule is Cc1cc(C)cc(N2C(=O)CCNc3ccccc32)c1. The highest BCUT2D eigenvalue weighted by molar-refractivity contribution is 6.04. The van der Waals surface area contributed by atoms with Crippen LogP contribution in [0.1, 0.15) is 17.5 Å². The predicted molar refractivity (Wildman–Crippen MR) is 82.6 cm³/mol. The molecule has 0 atom stereocenters. The second kappa shape index (κ2) is 5.00. The van der Waals surface area contributed by atoms with E-state index in [0.29, 0.717) is 13.0 Å². The summed E-state index contributed by atoms with van der Waals surface area (Å²) in [6.45, 7) is 4.79. The molecule has 1 N–H and O–H groups in total. The first-order chi connectivity index (χ1) is 9.65. The van der Waals surface area contributed by atoms with E-state index in [-0.39, 0.29) is 5.91 Å². The van der Waals surface area contributed by atoms with E-state index in [1.54, 1.807) is 0 Å². The number of carbonyl (C=O) groups excluding carboxylic acids is 1. The Labute approximate surface area is 119 Å². The lowest BCUT2D eigenvalue weighted by Gasteiger charge is -2.23. The Balaban J connectivity index is 2.17. The molecule has 3 rings (SSSR count). The zero-order chi connectivity index (χ0) is 14.1. The standard InChI is InChI=1S/C17H18N2O/c1-12-9-13(2)11-14(10-12)19-16-6-4-3-5-15(16)18-8-7-17(19)20/h3-6,9-11,18H,7-8H2,1-2H3. The van der Waals surface area contributed by atoms with Crippen LogP contribution in [0.25, 0.3) is 0 Å². The van der Waals surface area contributed by atoms with E-state index in [9.17, 15) is 4.79 Å². The fourth-order valence-corrected chi connectivity index (χ4v) is 2.73. The Morgan fingerprint density at radius 1 is 1.05 bits per heavy atom. The lowest BCUT2D eigenvalue weighted by atomic mass is 10.1. The molecule has 2 aromatic rings. The minimum absolute atomic E-state index is 0.132. The molecular weight excluding hydrogens is 248 g/mol. The molecule has 0 spiro atoms. The number of fused-ring (bicyclic) bond motifs is 1. The smallest absolute Gasteiger partial charge is 0.233 e. The number of para-hydroxylation sites is 2. The third-order valence-corrected chi connectivity index (χ3v) is 3.51. The number of hydrogen-bond acceptors (Lipinski definition) is 2. The lowest BCUT2D eigenvalue weighted by Crippen LogP contribution is -2.25. The van der Waals surface area contributed by atoms with Crippen LogP contribution in [0.15, 0.2) is 42.5 Å². The number of rotatable bonds is 1. The van der Waals surface area contributed by atoms with Crippen LogP contribution in [0.2, 0.25) is 0 Å². The molecule has 0 saturated heterocycles. The molecule has 3 nitrogen and oxygen atoms in total. The van der Waals surface area contributed by atoms with E-state index in [4.69, 9.17) is 0 Å². The Morgan fingerprint density at radius 2 is 1.75 bits per heavy atom. The molecule has 0 saturated carbocycles. The summed E-state index contributed by atoms with van der Waals surface area (Å²) in [4.78, 5) is 14.3. The summed E-state index contributed by atoms with van der Waals surface area (Å²) in [6.07, 6.45) is 0.502. The third-order valence-electron chi connectivity index (χ3n) is 3.51. The van der Waals surface area contributed by atoms with Gasteiger partial charge < -0.3 is 5.32 Å². The molecule has 0 fully saturated rings. The van der Waals surface area contributed by atoms with Crippen molar-refractivity contribution in [2.45, 2.75) is 20.3 Å². The molecule has 1 heterocycles. The number of nitrogens with zero attached hydrogens (tertiary/aromatic N) is 1. The summed E-state index contributed by atoms with van der Waals surface area (Å²) >= 11 is 0. The van der Waals surface area contributed by atoms with Gasteiger partial charge in [0.05, 0.1) is 11.4 Å². The zero-order valence-electron chi connectivity index (χ0n) is 11.8. The van der Waals surface area contributed by atoms with Crippen LogP contribution in [0.3, 0.4) is 0 Å². The van der Waals surface area contributed by atoms with E-state index in [0.717, 1.165) is 17.1 Å². The van der Waals surface area contributed by atoms with E-state index in [2.05, 4.69) is 37.4 Å². The number of aryl methyl sites for hydroxylation is 2. The fourth-order valence-electron chi connectivity index (χ4n) is 2.73. The van der Waals surface area contributed by atoms with Crippen LogP contribution in [0, 0.1) is 13.8 Å². The first-order valence-electron chi connectivity index (χ1n) is 6.89. The molecule has 1 aliphatic heterocycles. The van der Waals surface area contributed by atoms with Gasteiger partial charge in [0.25, 0.3) is 0 Å². The number of hydrogen-bond donors (Lipinski definition) is 1. The van der Waals surface area contributed by atoms with Gasteiger partial charge in [0.2, 0.25) is 5.91 Å². The molecule has 3 heteroatoms. The van der Waals surface area contributed by atoms with E-state index in [1.807, 2.05) is 29.2 Å². The van der Waals surface area contributed by atoms with Crippen molar-refractivity contribution in [3.05, 3.63) is 53.6 Å².